The molecule has 0 saturated carbocycles. The molecule has 2 aromatic carbocycles. The lowest BCUT2D eigenvalue weighted by Gasteiger charge is -2.32. The molecule has 0 aliphatic carbocycles. The van der Waals surface area contributed by atoms with E-state index in [2.05, 4.69) is 34.3 Å². The molecule has 0 radical (unpaired) electrons. The highest BCUT2D eigenvalue weighted by Crippen LogP contribution is 2.14. The van der Waals surface area contributed by atoms with E-state index in [0.29, 0.717) is 6.54 Å². The normalized spacial score (nSPS) is 15.0. The summed E-state index contributed by atoms with van der Waals surface area (Å²) in [6, 6.07) is 16.8. The molecule has 166 valence electrons. The van der Waals surface area contributed by atoms with Gasteiger partial charge in [0.1, 0.15) is 0 Å². The van der Waals surface area contributed by atoms with Crippen LogP contribution in [0.1, 0.15) is 24.8 Å². The zero-order chi connectivity index (χ0) is 22.1. The summed E-state index contributed by atoms with van der Waals surface area (Å²) in [7, 11) is 2.09. The molecular weight excluding hydrogens is 394 g/mol. The van der Waals surface area contributed by atoms with Gasteiger partial charge in [0, 0.05) is 51.0 Å². The molecule has 1 heterocycles. The lowest BCUT2D eigenvalue weighted by molar-refractivity contribution is -0.384. The van der Waals surface area contributed by atoms with Gasteiger partial charge in [-0.3, -0.25) is 10.1 Å². The van der Waals surface area contributed by atoms with E-state index in [1.807, 2.05) is 18.2 Å². The number of rotatable bonds is 8. The van der Waals surface area contributed by atoms with E-state index >= 15 is 0 Å². The first kappa shape index (κ1) is 22.6. The van der Waals surface area contributed by atoms with E-state index in [1.54, 1.807) is 12.1 Å². The largest absolute Gasteiger partial charge is 0.393 e. The Hall–Kier alpha value is -3.13. The third kappa shape index (κ3) is 6.96. The van der Waals surface area contributed by atoms with Crippen molar-refractivity contribution in [3.05, 3.63) is 70.3 Å². The Bertz CT molecular complexity index is 849. The van der Waals surface area contributed by atoms with Crippen molar-refractivity contribution >= 4 is 17.3 Å². The summed E-state index contributed by atoms with van der Waals surface area (Å²) in [5.41, 5.74) is 2.20. The number of nitrogens with one attached hydrogen (secondary N) is 1. The summed E-state index contributed by atoms with van der Waals surface area (Å²) in [6.45, 7) is 3.68. The van der Waals surface area contributed by atoms with Crippen LogP contribution in [0.5, 0.6) is 0 Å². The summed E-state index contributed by atoms with van der Waals surface area (Å²) in [5, 5.41) is 24.1. The van der Waals surface area contributed by atoms with Crippen molar-refractivity contribution in [2.24, 2.45) is 4.99 Å². The Morgan fingerprint density at radius 1 is 1.19 bits per heavy atom. The van der Waals surface area contributed by atoms with Gasteiger partial charge in [-0.05, 0) is 37.0 Å². The number of nitro groups is 1. The number of non-ortho nitro benzene ring substituents is 1. The van der Waals surface area contributed by atoms with Gasteiger partial charge in [0.25, 0.3) is 5.69 Å². The second kappa shape index (κ2) is 11.3. The minimum absolute atomic E-state index is 0.0821. The first-order valence-electron chi connectivity index (χ1n) is 10.7. The van der Waals surface area contributed by atoms with Crippen molar-refractivity contribution in [3.63, 3.8) is 0 Å². The van der Waals surface area contributed by atoms with E-state index in [4.69, 9.17) is 4.99 Å². The van der Waals surface area contributed by atoms with Crippen LogP contribution < -0.4 is 10.2 Å². The van der Waals surface area contributed by atoms with Crippen LogP contribution in [0, 0.1) is 10.1 Å². The molecular formula is C23H31N5O3. The van der Waals surface area contributed by atoms with Crippen molar-refractivity contribution < 1.29 is 10.0 Å². The number of piperidine rings is 1. The lowest BCUT2D eigenvalue weighted by atomic mass is 10.1. The molecule has 1 fully saturated rings. The molecule has 1 aliphatic heterocycles. The van der Waals surface area contributed by atoms with Crippen LogP contribution in [0.15, 0.2) is 59.6 Å². The molecule has 8 nitrogen and oxygen atoms in total. The first-order chi connectivity index (χ1) is 15.0. The smallest absolute Gasteiger partial charge is 0.269 e. The number of likely N-dealkylation sites (tertiary alicyclic amines) is 1. The second-order valence-corrected chi connectivity index (χ2v) is 7.82. The maximum Gasteiger partial charge on any atom is 0.269 e. The fraction of sp³-hybridized carbons (Fsp3) is 0.435. The summed E-state index contributed by atoms with van der Waals surface area (Å²) >= 11 is 0. The van der Waals surface area contributed by atoms with Gasteiger partial charge >= 0.3 is 0 Å². The van der Waals surface area contributed by atoms with E-state index < -0.39 is 4.92 Å². The van der Waals surface area contributed by atoms with Crippen LogP contribution in [0.25, 0.3) is 0 Å². The Kier molecular flexibility index (Phi) is 8.23. The number of benzene rings is 2. The zero-order valence-corrected chi connectivity index (χ0v) is 18.0. The van der Waals surface area contributed by atoms with Crippen molar-refractivity contribution in [1.29, 1.82) is 0 Å². The highest BCUT2D eigenvalue weighted by molar-refractivity contribution is 5.80. The third-order valence-electron chi connectivity index (χ3n) is 5.47. The predicted octanol–water partition coefficient (Wildman–Crippen LogP) is 3.02. The molecule has 1 aliphatic rings. The number of aliphatic hydroxyl groups is 1. The highest BCUT2D eigenvalue weighted by Gasteiger charge is 2.19. The number of guanidine groups is 1. The van der Waals surface area contributed by atoms with Crippen molar-refractivity contribution in [1.82, 2.24) is 10.2 Å². The second-order valence-electron chi connectivity index (χ2n) is 7.82. The maximum absolute atomic E-state index is 10.8. The van der Waals surface area contributed by atoms with Crippen molar-refractivity contribution in [3.8, 4) is 0 Å². The SMILES string of the molecule is CN(CCCNC(=NCc1ccc([N+](=O)[O-])cc1)N1CCC(O)CC1)c1ccccc1. The molecule has 0 atom stereocenters. The molecule has 0 spiro atoms. The average Bonchev–Trinajstić information content (AvgIpc) is 2.80. The number of hydrogen-bond donors (Lipinski definition) is 2. The quantitative estimate of drug-likeness (QED) is 0.222. The Labute approximate surface area is 183 Å². The fourth-order valence-corrected chi connectivity index (χ4v) is 3.56. The summed E-state index contributed by atoms with van der Waals surface area (Å²) in [5.74, 6) is 0.826. The number of nitrogens with zero attached hydrogens (tertiary/aromatic N) is 4. The first-order valence-corrected chi connectivity index (χ1v) is 10.7. The Morgan fingerprint density at radius 3 is 2.52 bits per heavy atom. The van der Waals surface area contributed by atoms with E-state index in [-0.39, 0.29) is 11.8 Å². The maximum atomic E-state index is 10.8. The van der Waals surface area contributed by atoms with Gasteiger partial charge in [-0.15, -0.1) is 0 Å². The minimum atomic E-state index is -0.397. The van der Waals surface area contributed by atoms with Crippen LogP contribution >= 0.6 is 0 Å². The summed E-state index contributed by atoms with van der Waals surface area (Å²) in [4.78, 5) is 19.6. The van der Waals surface area contributed by atoms with Crippen molar-refractivity contribution in [2.45, 2.75) is 31.9 Å². The molecule has 1 saturated heterocycles. The molecule has 8 heteroatoms. The van der Waals surface area contributed by atoms with Gasteiger partial charge in [0.15, 0.2) is 5.96 Å². The number of para-hydroxylation sites is 1. The minimum Gasteiger partial charge on any atom is -0.393 e. The number of aliphatic imine (C=N–C) groups is 1. The monoisotopic (exact) mass is 425 g/mol. The molecule has 2 aromatic rings. The number of nitro benzene ring substituents is 1. The molecule has 2 N–H and O–H groups in total. The highest BCUT2D eigenvalue weighted by atomic mass is 16.6. The third-order valence-corrected chi connectivity index (χ3v) is 5.47. The molecule has 0 aromatic heterocycles. The molecule has 0 unspecified atom stereocenters. The van der Waals surface area contributed by atoms with Gasteiger partial charge < -0.3 is 20.2 Å². The van der Waals surface area contributed by atoms with E-state index in [9.17, 15) is 15.2 Å². The Morgan fingerprint density at radius 2 is 1.87 bits per heavy atom. The summed E-state index contributed by atoms with van der Waals surface area (Å²) < 4.78 is 0. The van der Waals surface area contributed by atoms with E-state index in [0.717, 1.165) is 57.0 Å². The van der Waals surface area contributed by atoms with Crippen LogP contribution in [0.3, 0.4) is 0 Å². The van der Waals surface area contributed by atoms with Gasteiger partial charge in [-0.2, -0.15) is 0 Å². The zero-order valence-electron chi connectivity index (χ0n) is 18.0. The van der Waals surface area contributed by atoms with Gasteiger partial charge in [-0.25, -0.2) is 4.99 Å². The Balaban J connectivity index is 1.56. The van der Waals surface area contributed by atoms with Gasteiger partial charge in [-0.1, -0.05) is 30.3 Å². The van der Waals surface area contributed by atoms with Gasteiger partial charge in [0.05, 0.1) is 17.6 Å². The predicted molar refractivity (Wildman–Crippen MR) is 123 cm³/mol. The number of aliphatic hydroxyl groups excluding tert-OH is 1. The number of anilines is 1. The molecule has 0 bridgehead atoms. The summed E-state index contributed by atoms with van der Waals surface area (Å²) in [6.07, 6.45) is 2.18. The van der Waals surface area contributed by atoms with E-state index in [1.165, 1.54) is 17.8 Å². The fourth-order valence-electron chi connectivity index (χ4n) is 3.56. The topological polar surface area (TPSA) is 94.2 Å². The van der Waals surface area contributed by atoms with Crippen LogP contribution in [0.2, 0.25) is 0 Å². The average molecular weight is 426 g/mol. The molecule has 31 heavy (non-hydrogen) atoms. The lowest BCUT2D eigenvalue weighted by Crippen LogP contribution is -2.47. The van der Waals surface area contributed by atoms with Crippen LogP contribution in [-0.2, 0) is 6.54 Å². The molecule has 3 rings (SSSR count). The van der Waals surface area contributed by atoms with Crippen molar-refractivity contribution in [2.75, 3.05) is 38.1 Å². The van der Waals surface area contributed by atoms with Gasteiger partial charge in [0.2, 0.25) is 0 Å². The van der Waals surface area contributed by atoms with Crippen LogP contribution in [-0.4, -0.2) is 60.2 Å². The molecule has 0 amide bonds. The number of hydrogen-bond acceptors (Lipinski definition) is 5. The van der Waals surface area contributed by atoms with Crippen LogP contribution in [0.4, 0.5) is 11.4 Å². The standard InChI is InChI=1S/C23H31N5O3/c1-26(20-6-3-2-4-7-20)15-5-14-24-23(27-16-12-22(29)13-17-27)25-18-19-8-10-21(11-9-19)28(30)31/h2-4,6-11,22,29H,5,12-18H2,1H3,(H,24,25).